The molecular weight excluding hydrogens is 445 g/mol. The van der Waals surface area contributed by atoms with Crippen molar-refractivity contribution in [3.63, 3.8) is 0 Å². The number of anilines is 1. The SMILES string of the molecule is C[C@H]1CCCC[C@@H]1NC(=O)CSc1nnc(CC(=O)Nc2ccc(Cl)c(Cl)c2)n1C. The van der Waals surface area contributed by atoms with Crippen LogP contribution in [0.5, 0.6) is 0 Å². The molecule has 0 bridgehead atoms. The minimum absolute atomic E-state index is 0.000611. The van der Waals surface area contributed by atoms with Crippen LogP contribution in [0.2, 0.25) is 10.0 Å². The lowest BCUT2D eigenvalue weighted by Crippen LogP contribution is -2.41. The van der Waals surface area contributed by atoms with Crippen molar-refractivity contribution < 1.29 is 9.59 Å². The number of thioether (sulfide) groups is 1. The van der Waals surface area contributed by atoms with E-state index in [0.717, 1.165) is 12.8 Å². The first-order valence-electron chi connectivity index (χ1n) is 9.89. The van der Waals surface area contributed by atoms with Gasteiger partial charge >= 0.3 is 0 Å². The van der Waals surface area contributed by atoms with E-state index in [1.54, 1.807) is 29.8 Å². The standard InChI is InChI=1S/C20H25Cl2N5O2S/c1-12-5-3-4-6-16(12)24-19(29)11-30-20-26-25-17(27(20)2)10-18(28)23-13-7-8-14(21)15(22)9-13/h7-9,12,16H,3-6,10-11H2,1-2H3,(H,23,28)(H,24,29)/t12-,16-/m0/s1. The molecule has 7 nitrogen and oxygen atoms in total. The molecule has 1 aromatic heterocycles. The summed E-state index contributed by atoms with van der Waals surface area (Å²) in [5.41, 5.74) is 0.555. The maximum absolute atomic E-state index is 12.3. The average molecular weight is 470 g/mol. The van der Waals surface area contributed by atoms with Gasteiger partial charge in [-0.25, -0.2) is 0 Å². The smallest absolute Gasteiger partial charge is 0.232 e. The Balaban J connectivity index is 1.50. The summed E-state index contributed by atoms with van der Waals surface area (Å²) >= 11 is 13.2. The molecule has 30 heavy (non-hydrogen) atoms. The normalized spacial score (nSPS) is 18.8. The predicted molar refractivity (Wildman–Crippen MR) is 120 cm³/mol. The largest absolute Gasteiger partial charge is 0.352 e. The molecule has 2 atom stereocenters. The van der Waals surface area contributed by atoms with Crippen LogP contribution in [0.1, 0.15) is 38.4 Å². The third kappa shape index (κ3) is 6.12. The second kappa shape index (κ2) is 10.5. The van der Waals surface area contributed by atoms with Crippen molar-refractivity contribution in [3.05, 3.63) is 34.1 Å². The Bertz CT molecular complexity index is 921. The number of hydrogen-bond donors (Lipinski definition) is 2. The van der Waals surface area contributed by atoms with Gasteiger partial charge in [0.25, 0.3) is 0 Å². The predicted octanol–water partition coefficient (Wildman–Crippen LogP) is 4.09. The van der Waals surface area contributed by atoms with Gasteiger partial charge in [0.15, 0.2) is 5.16 Å². The Hall–Kier alpha value is -1.77. The van der Waals surface area contributed by atoms with Crippen LogP contribution in [-0.4, -0.2) is 38.4 Å². The zero-order chi connectivity index (χ0) is 21.7. The number of carbonyl (C=O) groups excluding carboxylic acids is 2. The van der Waals surface area contributed by atoms with Crippen LogP contribution < -0.4 is 10.6 Å². The van der Waals surface area contributed by atoms with Crippen molar-refractivity contribution in [1.29, 1.82) is 0 Å². The molecule has 1 aromatic carbocycles. The molecule has 2 amide bonds. The van der Waals surface area contributed by atoms with Crippen LogP contribution in [0.4, 0.5) is 5.69 Å². The number of rotatable bonds is 7. The number of aromatic nitrogens is 3. The van der Waals surface area contributed by atoms with Gasteiger partial charge < -0.3 is 15.2 Å². The van der Waals surface area contributed by atoms with E-state index in [-0.39, 0.29) is 30.0 Å². The van der Waals surface area contributed by atoms with Crippen LogP contribution in [0, 0.1) is 5.92 Å². The number of amides is 2. The van der Waals surface area contributed by atoms with Crippen LogP contribution in [-0.2, 0) is 23.1 Å². The van der Waals surface area contributed by atoms with E-state index in [1.165, 1.54) is 24.6 Å². The van der Waals surface area contributed by atoms with E-state index in [0.29, 0.717) is 32.6 Å². The summed E-state index contributed by atoms with van der Waals surface area (Å²) in [7, 11) is 1.78. The van der Waals surface area contributed by atoms with Gasteiger partial charge in [-0.2, -0.15) is 0 Å². The molecule has 1 heterocycles. The molecule has 1 fully saturated rings. The topological polar surface area (TPSA) is 88.9 Å². The number of carbonyl (C=O) groups is 2. The molecule has 0 unspecified atom stereocenters. The summed E-state index contributed by atoms with van der Waals surface area (Å²) < 4.78 is 1.73. The van der Waals surface area contributed by atoms with Gasteiger partial charge in [0.05, 0.1) is 22.2 Å². The van der Waals surface area contributed by atoms with E-state index in [1.807, 2.05) is 0 Å². The summed E-state index contributed by atoms with van der Waals surface area (Å²) in [4.78, 5) is 24.6. The quantitative estimate of drug-likeness (QED) is 0.595. The van der Waals surface area contributed by atoms with Gasteiger partial charge in [0.1, 0.15) is 5.82 Å². The molecule has 0 saturated heterocycles. The Morgan fingerprint density at radius 3 is 2.67 bits per heavy atom. The first kappa shape index (κ1) is 22.9. The Morgan fingerprint density at radius 2 is 1.93 bits per heavy atom. The van der Waals surface area contributed by atoms with Crippen molar-refractivity contribution in [2.75, 3.05) is 11.1 Å². The second-order valence-electron chi connectivity index (χ2n) is 7.54. The fourth-order valence-corrected chi connectivity index (χ4v) is 4.50. The minimum Gasteiger partial charge on any atom is -0.352 e. The van der Waals surface area contributed by atoms with Crippen LogP contribution in [0.3, 0.4) is 0 Å². The minimum atomic E-state index is -0.246. The van der Waals surface area contributed by atoms with Gasteiger partial charge in [0.2, 0.25) is 11.8 Å². The number of halogens is 2. The van der Waals surface area contributed by atoms with E-state index in [4.69, 9.17) is 23.2 Å². The maximum atomic E-state index is 12.3. The van der Waals surface area contributed by atoms with Crippen molar-refractivity contribution in [3.8, 4) is 0 Å². The van der Waals surface area contributed by atoms with Gasteiger partial charge in [-0.1, -0.05) is 54.7 Å². The number of nitrogens with zero attached hydrogens (tertiary/aromatic N) is 3. The first-order chi connectivity index (χ1) is 14.3. The average Bonchev–Trinajstić information content (AvgIpc) is 3.04. The van der Waals surface area contributed by atoms with E-state index in [9.17, 15) is 9.59 Å². The Labute approximate surface area is 190 Å². The van der Waals surface area contributed by atoms with Crippen LogP contribution in [0.15, 0.2) is 23.4 Å². The summed E-state index contributed by atoms with van der Waals surface area (Å²) in [5.74, 6) is 1.05. The van der Waals surface area contributed by atoms with E-state index < -0.39 is 0 Å². The molecular formula is C20H25Cl2N5O2S. The highest BCUT2D eigenvalue weighted by Gasteiger charge is 2.23. The molecule has 1 aliphatic rings. The molecule has 3 rings (SSSR count). The molecule has 0 radical (unpaired) electrons. The van der Waals surface area contributed by atoms with Gasteiger partial charge in [-0.3, -0.25) is 9.59 Å². The maximum Gasteiger partial charge on any atom is 0.232 e. The van der Waals surface area contributed by atoms with Crippen LogP contribution >= 0.6 is 35.0 Å². The van der Waals surface area contributed by atoms with E-state index in [2.05, 4.69) is 27.8 Å². The fourth-order valence-electron chi connectivity index (χ4n) is 3.46. The lowest BCUT2D eigenvalue weighted by molar-refractivity contribution is -0.120. The number of hydrogen-bond acceptors (Lipinski definition) is 5. The van der Waals surface area contributed by atoms with Gasteiger partial charge in [-0.15, -0.1) is 10.2 Å². The summed E-state index contributed by atoms with van der Waals surface area (Å²) in [6, 6.07) is 5.14. The highest BCUT2D eigenvalue weighted by molar-refractivity contribution is 7.99. The van der Waals surface area contributed by atoms with Crippen molar-refractivity contribution in [2.45, 2.75) is 50.2 Å². The van der Waals surface area contributed by atoms with Crippen molar-refractivity contribution in [2.24, 2.45) is 13.0 Å². The molecule has 0 spiro atoms. The lowest BCUT2D eigenvalue weighted by atomic mass is 9.86. The van der Waals surface area contributed by atoms with Crippen LogP contribution in [0.25, 0.3) is 0 Å². The molecule has 1 saturated carbocycles. The van der Waals surface area contributed by atoms with E-state index >= 15 is 0 Å². The molecule has 2 aromatic rings. The number of benzene rings is 1. The molecule has 1 aliphatic carbocycles. The lowest BCUT2D eigenvalue weighted by Gasteiger charge is -2.29. The summed E-state index contributed by atoms with van der Waals surface area (Å²) in [5, 5.41) is 15.5. The fraction of sp³-hybridized carbons (Fsp3) is 0.500. The zero-order valence-corrected chi connectivity index (χ0v) is 19.3. The zero-order valence-electron chi connectivity index (χ0n) is 17.0. The van der Waals surface area contributed by atoms with Gasteiger partial charge in [0, 0.05) is 18.8 Å². The second-order valence-corrected chi connectivity index (χ2v) is 9.29. The third-order valence-electron chi connectivity index (χ3n) is 5.24. The molecule has 10 heteroatoms. The Kier molecular flexibility index (Phi) is 8.02. The first-order valence-corrected chi connectivity index (χ1v) is 11.6. The highest BCUT2D eigenvalue weighted by Crippen LogP contribution is 2.26. The van der Waals surface area contributed by atoms with Gasteiger partial charge in [-0.05, 0) is 37.0 Å². The van der Waals surface area contributed by atoms with Crippen molar-refractivity contribution >= 4 is 52.5 Å². The number of nitrogens with one attached hydrogen (secondary N) is 2. The Morgan fingerprint density at radius 1 is 1.17 bits per heavy atom. The molecule has 0 aliphatic heterocycles. The monoisotopic (exact) mass is 469 g/mol. The summed E-state index contributed by atoms with van der Waals surface area (Å²) in [6.07, 6.45) is 4.66. The molecule has 2 N–H and O–H groups in total. The summed E-state index contributed by atoms with van der Waals surface area (Å²) in [6.45, 7) is 2.19. The molecule has 162 valence electrons. The highest BCUT2D eigenvalue weighted by atomic mass is 35.5. The van der Waals surface area contributed by atoms with Crippen molar-refractivity contribution in [1.82, 2.24) is 20.1 Å². The third-order valence-corrected chi connectivity index (χ3v) is 7.00.